The van der Waals surface area contributed by atoms with Crippen LogP contribution in [0.3, 0.4) is 0 Å². The summed E-state index contributed by atoms with van der Waals surface area (Å²) in [4.78, 5) is 23.4. The maximum atomic E-state index is 13.4. The van der Waals surface area contributed by atoms with Gasteiger partial charge in [0.05, 0.1) is 6.04 Å². The molecule has 2 N–H and O–H groups in total. The quantitative estimate of drug-likeness (QED) is 0.314. The number of nitriles is 1. The Labute approximate surface area is 212 Å². The number of piperazine rings is 1. The fourth-order valence-electron chi connectivity index (χ4n) is 4.28. The molecule has 8 heteroatoms. The molecule has 0 radical (unpaired) electrons. The first-order valence-corrected chi connectivity index (χ1v) is 11.9. The first kappa shape index (κ1) is 24.6. The van der Waals surface area contributed by atoms with Crippen LogP contribution in [0.2, 0.25) is 0 Å². The maximum absolute atomic E-state index is 13.4. The van der Waals surface area contributed by atoms with E-state index in [9.17, 15) is 10.1 Å². The van der Waals surface area contributed by atoms with Gasteiger partial charge in [-0.2, -0.15) is 5.26 Å². The van der Waals surface area contributed by atoms with Crippen LogP contribution < -0.4 is 15.5 Å². The number of urea groups is 1. The van der Waals surface area contributed by atoms with Gasteiger partial charge >= 0.3 is 6.03 Å². The topological polar surface area (TPSA) is 87.0 Å². The van der Waals surface area contributed by atoms with Crippen molar-refractivity contribution < 1.29 is 4.79 Å². The molecule has 184 valence electrons. The highest BCUT2D eigenvalue weighted by Crippen LogP contribution is 2.27. The van der Waals surface area contributed by atoms with Gasteiger partial charge in [0.15, 0.2) is 0 Å². The first-order valence-electron chi connectivity index (χ1n) is 11.9. The van der Waals surface area contributed by atoms with Gasteiger partial charge in [-0.15, -0.1) is 4.99 Å². The molecule has 0 spiro atoms. The number of para-hydroxylation sites is 1. The van der Waals surface area contributed by atoms with Crippen molar-refractivity contribution in [1.29, 1.82) is 5.26 Å². The number of amides is 2. The first-order chi connectivity index (χ1) is 17.5. The van der Waals surface area contributed by atoms with Crippen molar-refractivity contribution in [2.45, 2.75) is 13.0 Å². The van der Waals surface area contributed by atoms with E-state index in [1.807, 2.05) is 121 Å². The van der Waals surface area contributed by atoms with Gasteiger partial charge in [0.2, 0.25) is 12.2 Å². The number of carbonyl (C=O) groups excluding carboxylic acids is 1. The Kier molecular flexibility index (Phi) is 7.71. The van der Waals surface area contributed by atoms with Gasteiger partial charge in [-0.05, 0) is 48.4 Å². The third-order valence-electron chi connectivity index (χ3n) is 6.31. The monoisotopic (exact) mass is 481 g/mol. The minimum Gasteiger partial charge on any atom is -0.378 e. The zero-order valence-electron chi connectivity index (χ0n) is 20.8. The SMILES string of the molecule is Cc1ccccc1N/C(=N/C#N)N1CCN(C(=O)Nc2ccc(N(C)C)cc2)C(c2ccccc2)C1. The number of benzene rings is 3. The van der Waals surface area contributed by atoms with E-state index in [1.54, 1.807) is 0 Å². The van der Waals surface area contributed by atoms with E-state index in [0.717, 1.165) is 28.2 Å². The summed E-state index contributed by atoms with van der Waals surface area (Å²) in [6.07, 6.45) is 1.93. The Bertz CT molecular complexity index is 1250. The minimum atomic E-state index is -0.219. The Balaban J connectivity index is 1.55. The molecule has 1 unspecified atom stereocenters. The number of hydrogen-bond acceptors (Lipinski definition) is 4. The molecule has 1 heterocycles. The van der Waals surface area contributed by atoms with Crippen molar-refractivity contribution in [2.24, 2.45) is 4.99 Å². The van der Waals surface area contributed by atoms with Crippen LogP contribution in [0.1, 0.15) is 17.2 Å². The van der Waals surface area contributed by atoms with Crippen molar-refractivity contribution in [3.63, 3.8) is 0 Å². The summed E-state index contributed by atoms with van der Waals surface area (Å²) in [6.45, 7) is 3.51. The second-order valence-corrected chi connectivity index (χ2v) is 8.91. The van der Waals surface area contributed by atoms with Crippen LogP contribution in [-0.4, -0.2) is 55.5 Å². The van der Waals surface area contributed by atoms with Gasteiger partial charge in [0.25, 0.3) is 0 Å². The van der Waals surface area contributed by atoms with Gasteiger partial charge < -0.3 is 25.3 Å². The zero-order chi connectivity index (χ0) is 25.5. The van der Waals surface area contributed by atoms with Gasteiger partial charge in [0.1, 0.15) is 0 Å². The summed E-state index contributed by atoms with van der Waals surface area (Å²) in [5, 5.41) is 15.7. The van der Waals surface area contributed by atoms with E-state index in [2.05, 4.69) is 15.6 Å². The minimum absolute atomic E-state index is 0.160. The summed E-state index contributed by atoms with van der Waals surface area (Å²) in [7, 11) is 3.96. The third kappa shape index (κ3) is 5.76. The number of hydrogen-bond donors (Lipinski definition) is 2. The number of nitrogens with one attached hydrogen (secondary N) is 2. The molecule has 1 aliphatic rings. The molecule has 1 aliphatic heterocycles. The van der Waals surface area contributed by atoms with E-state index in [4.69, 9.17) is 0 Å². The normalized spacial score (nSPS) is 15.7. The van der Waals surface area contributed by atoms with Gasteiger partial charge in [-0.3, -0.25) is 0 Å². The van der Waals surface area contributed by atoms with E-state index >= 15 is 0 Å². The van der Waals surface area contributed by atoms with Gasteiger partial charge in [-0.25, -0.2) is 4.79 Å². The number of anilines is 3. The highest BCUT2D eigenvalue weighted by atomic mass is 16.2. The molecule has 3 aromatic carbocycles. The molecule has 8 nitrogen and oxygen atoms in total. The predicted octanol–water partition coefficient (Wildman–Crippen LogP) is 4.90. The molecule has 0 bridgehead atoms. The molecule has 3 aromatic rings. The average Bonchev–Trinajstić information content (AvgIpc) is 2.90. The second-order valence-electron chi connectivity index (χ2n) is 8.91. The van der Waals surface area contributed by atoms with E-state index in [0.29, 0.717) is 25.6 Å². The van der Waals surface area contributed by atoms with Crippen molar-refractivity contribution in [2.75, 3.05) is 49.3 Å². The molecule has 0 aliphatic carbocycles. The van der Waals surface area contributed by atoms with Crippen LogP contribution >= 0.6 is 0 Å². The lowest BCUT2D eigenvalue weighted by molar-refractivity contribution is 0.136. The van der Waals surface area contributed by atoms with Crippen molar-refractivity contribution in [3.8, 4) is 6.19 Å². The van der Waals surface area contributed by atoms with E-state index in [-0.39, 0.29) is 12.1 Å². The predicted molar refractivity (Wildman–Crippen MR) is 145 cm³/mol. The Morgan fingerprint density at radius 3 is 2.33 bits per heavy atom. The summed E-state index contributed by atoms with van der Waals surface area (Å²) in [6, 6.07) is 25.2. The van der Waals surface area contributed by atoms with Gasteiger partial charge in [-0.1, -0.05) is 48.5 Å². The number of carbonyl (C=O) groups is 1. The van der Waals surface area contributed by atoms with E-state index < -0.39 is 0 Å². The number of nitrogens with zero attached hydrogens (tertiary/aromatic N) is 5. The van der Waals surface area contributed by atoms with Crippen LogP contribution in [0.5, 0.6) is 0 Å². The molecule has 1 fully saturated rings. The molecule has 1 saturated heterocycles. The Hall–Kier alpha value is -4.51. The molecule has 1 atom stereocenters. The van der Waals surface area contributed by atoms with Crippen LogP contribution in [0.4, 0.5) is 21.9 Å². The Morgan fingerprint density at radius 1 is 0.972 bits per heavy atom. The zero-order valence-corrected chi connectivity index (χ0v) is 20.8. The number of aliphatic imine (C=N–C) groups is 1. The second kappa shape index (κ2) is 11.3. The molecule has 4 rings (SSSR count). The van der Waals surface area contributed by atoms with Crippen molar-refractivity contribution in [3.05, 3.63) is 90.0 Å². The summed E-state index contributed by atoms with van der Waals surface area (Å²) in [5.41, 5.74) is 4.78. The highest BCUT2D eigenvalue weighted by molar-refractivity contribution is 5.95. The molecule has 0 saturated carbocycles. The molecule has 36 heavy (non-hydrogen) atoms. The molecule has 0 aromatic heterocycles. The lowest BCUT2D eigenvalue weighted by Gasteiger charge is -2.42. The fraction of sp³-hybridized carbons (Fsp3) is 0.250. The Morgan fingerprint density at radius 2 is 1.67 bits per heavy atom. The number of aryl methyl sites for hydroxylation is 1. The average molecular weight is 482 g/mol. The van der Waals surface area contributed by atoms with E-state index in [1.165, 1.54) is 0 Å². The summed E-state index contributed by atoms with van der Waals surface area (Å²) >= 11 is 0. The molecular formula is C28H31N7O. The molecule has 2 amide bonds. The highest BCUT2D eigenvalue weighted by Gasteiger charge is 2.33. The standard InChI is InChI=1S/C28H31N7O/c1-21-9-7-8-12-25(21)32-27(30-20-29)34-17-18-35(26(19-34)22-10-5-4-6-11-22)28(36)31-23-13-15-24(16-14-23)33(2)3/h4-16,26H,17-19H2,1-3H3,(H,30,32)(H,31,36). The van der Waals surface area contributed by atoms with Crippen LogP contribution in [0, 0.1) is 18.4 Å². The largest absolute Gasteiger partial charge is 0.378 e. The van der Waals surface area contributed by atoms with Crippen LogP contribution in [-0.2, 0) is 0 Å². The van der Waals surface area contributed by atoms with Gasteiger partial charge in [0, 0.05) is 50.8 Å². The van der Waals surface area contributed by atoms with Crippen LogP contribution in [0.25, 0.3) is 0 Å². The third-order valence-corrected chi connectivity index (χ3v) is 6.31. The molecular weight excluding hydrogens is 450 g/mol. The smallest absolute Gasteiger partial charge is 0.322 e. The number of rotatable bonds is 4. The lowest BCUT2D eigenvalue weighted by Crippen LogP contribution is -2.54. The summed E-state index contributed by atoms with van der Waals surface area (Å²) in [5.74, 6) is 0.479. The summed E-state index contributed by atoms with van der Waals surface area (Å²) < 4.78 is 0. The van der Waals surface area contributed by atoms with Crippen molar-refractivity contribution >= 4 is 29.1 Å². The fourth-order valence-corrected chi connectivity index (χ4v) is 4.28. The maximum Gasteiger partial charge on any atom is 0.322 e. The lowest BCUT2D eigenvalue weighted by atomic mass is 10.0. The van der Waals surface area contributed by atoms with Crippen molar-refractivity contribution in [1.82, 2.24) is 9.80 Å². The van der Waals surface area contributed by atoms with Crippen LogP contribution in [0.15, 0.2) is 83.9 Å². The number of guanidine groups is 1.